The lowest BCUT2D eigenvalue weighted by molar-refractivity contribution is 0.0696. The summed E-state index contributed by atoms with van der Waals surface area (Å²) in [6, 6.07) is 10.9. The van der Waals surface area contributed by atoms with Gasteiger partial charge >= 0.3 is 12.0 Å². The van der Waals surface area contributed by atoms with Gasteiger partial charge in [0.15, 0.2) is 9.84 Å². The minimum absolute atomic E-state index is 0.170. The van der Waals surface area contributed by atoms with Crippen LogP contribution in [0.5, 0.6) is 0 Å². The molecule has 1 aliphatic heterocycles. The summed E-state index contributed by atoms with van der Waals surface area (Å²) in [5, 5.41) is 9.15. The van der Waals surface area contributed by atoms with E-state index in [4.69, 9.17) is 5.11 Å². The molecule has 7 nitrogen and oxygen atoms in total. The molecule has 3 rings (SSSR count). The molecular formula is C18H18N2O5S. The Labute approximate surface area is 151 Å². The highest BCUT2D eigenvalue weighted by molar-refractivity contribution is 7.90. The first kappa shape index (κ1) is 17.9. The number of carbonyl (C=O) groups is 2. The molecule has 0 saturated heterocycles. The molecule has 1 N–H and O–H groups in total. The van der Waals surface area contributed by atoms with E-state index in [0.29, 0.717) is 12.2 Å². The topological polar surface area (TPSA) is 95.0 Å². The Morgan fingerprint density at radius 1 is 1.15 bits per heavy atom. The maximum absolute atomic E-state index is 12.6. The fourth-order valence-electron chi connectivity index (χ4n) is 2.95. The van der Waals surface area contributed by atoms with Crippen LogP contribution in [-0.2, 0) is 22.9 Å². The average molecular weight is 374 g/mol. The van der Waals surface area contributed by atoms with Gasteiger partial charge in [-0.2, -0.15) is 0 Å². The second-order valence-corrected chi connectivity index (χ2v) is 8.28. The number of benzene rings is 2. The van der Waals surface area contributed by atoms with Crippen molar-refractivity contribution in [1.82, 2.24) is 4.90 Å². The first-order valence-corrected chi connectivity index (χ1v) is 9.74. The summed E-state index contributed by atoms with van der Waals surface area (Å²) in [4.78, 5) is 27.0. The SMILES string of the molecule is CN1C(=O)N(Cc2ccc(S(C)(=O)=O)cc2)Cc2cc(C(=O)O)ccc21. The van der Waals surface area contributed by atoms with Crippen LogP contribution in [0, 0.1) is 0 Å². The van der Waals surface area contributed by atoms with Gasteiger partial charge in [-0.15, -0.1) is 0 Å². The second-order valence-electron chi connectivity index (χ2n) is 6.26. The van der Waals surface area contributed by atoms with E-state index < -0.39 is 15.8 Å². The number of urea groups is 1. The van der Waals surface area contributed by atoms with E-state index in [0.717, 1.165) is 17.4 Å². The fourth-order valence-corrected chi connectivity index (χ4v) is 3.58. The van der Waals surface area contributed by atoms with Crippen LogP contribution in [0.25, 0.3) is 0 Å². The van der Waals surface area contributed by atoms with Gasteiger partial charge in [-0.05, 0) is 41.5 Å². The summed E-state index contributed by atoms with van der Waals surface area (Å²) < 4.78 is 23.1. The standard InChI is InChI=1S/C18H18N2O5S/c1-19-16-8-5-13(17(21)22)9-14(16)11-20(18(19)23)10-12-3-6-15(7-4-12)26(2,24)25/h3-9H,10-11H2,1-2H3,(H,21,22). The molecule has 0 atom stereocenters. The molecule has 0 aliphatic carbocycles. The Morgan fingerprint density at radius 3 is 2.38 bits per heavy atom. The zero-order valence-corrected chi connectivity index (χ0v) is 15.2. The molecule has 0 spiro atoms. The number of amides is 2. The van der Waals surface area contributed by atoms with Crippen LogP contribution in [0.2, 0.25) is 0 Å². The van der Waals surface area contributed by atoms with Crippen molar-refractivity contribution in [3.8, 4) is 0 Å². The van der Waals surface area contributed by atoms with Crippen molar-refractivity contribution in [3.05, 3.63) is 59.2 Å². The highest BCUT2D eigenvalue weighted by Crippen LogP contribution is 2.29. The van der Waals surface area contributed by atoms with E-state index in [1.165, 1.54) is 23.1 Å². The molecule has 0 bridgehead atoms. The predicted octanol–water partition coefficient (Wildman–Crippen LogP) is 2.36. The first-order valence-electron chi connectivity index (χ1n) is 7.84. The summed E-state index contributed by atoms with van der Waals surface area (Å²) in [5.74, 6) is -1.02. The quantitative estimate of drug-likeness (QED) is 0.886. The molecule has 26 heavy (non-hydrogen) atoms. The molecule has 0 aromatic heterocycles. The first-order chi connectivity index (χ1) is 12.2. The zero-order chi connectivity index (χ0) is 19.1. The van der Waals surface area contributed by atoms with Crippen LogP contribution in [0.1, 0.15) is 21.5 Å². The van der Waals surface area contributed by atoms with Gasteiger partial charge in [0.25, 0.3) is 0 Å². The molecule has 8 heteroatoms. The summed E-state index contributed by atoms with van der Waals surface area (Å²) in [5.41, 5.74) is 2.39. The van der Waals surface area contributed by atoms with E-state index in [1.54, 1.807) is 36.2 Å². The number of rotatable bonds is 4. The van der Waals surface area contributed by atoms with Gasteiger partial charge in [0.2, 0.25) is 0 Å². The van der Waals surface area contributed by atoms with Crippen molar-refractivity contribution in [3.63, 3.8) is 0 Å². The molecular weight excluding hydrogens is 356 g/mol. The van der Waals surface area contributed by atoms with Crippen LogP contribution in [0.15, 0.2) is 47.4 Å². The predicted molar refractivity (Wildman–Crippen MR) is 96.0 cm³/mol. The van der Waals surface area contributed by atoms with Gasteiger partial charge < -0.3 is 10.0 Å². The van der Waals surface area contributed by atoms with E-state index in [2.05, 4.69) is 0 Å². The Morgan fingerprint density at radius 2 is 1.81 bits per heavy atom. The highest BCUT2D eigenvalue weighted by Gasteiger charge is 2.28. The Balaban J connectivity index is 1.86. The third kappa shape index (κ3) is 3.41. The lowest BCUT2D eigenvalue weighted by Gasteiger charge is -2.35. The summed E-state index contributed by atoms with van der Waals surface area (Å²) in [6.45, 7) is 0.581. The lowest BCUT2D eigenvalue weighted by atomic mass is 10.0. The monoisotopic (exact) mass is 374 g/mol. The van der Waals surface area contributed by atoms with Gasteiger partial charge in [0.1, 0.15) is 0 Å². The Kier molecular flexibility index (Phi) is 4.45. The largest absolute Gasteiger partial charge is 0.478 e. The van der Waals surface area contributed by atoms with Crippen LogP contribution in [0.4, 0.5) is 10.5 Å². The van der Waals surface area contributed by atoms with Gasteiger partial charge in [0.05, 0.1) is 16.1 Å². The van der Waals surface area contributed by atoms with Crippen molar-refractivity contribution in [1.29, 1.82) is 0 Å². The summed E-state index contributed by atoms with van der Waals surface area (Å²) in [6.07, 6.45) is 1.14. The van der Waals surface area contributed by atoms with Crippen molar-refractivity contribution < 1.29 is 23.1 Å². The average Bonchev–Trinajstić information content (AvgIpc) is 2.58. The molecule has 0 radical (unpaired) electrons. The van der Waals surface area contributed by atoms with E-state index in [-0.39, 0.29) is 23.0 Å². The van der Waals surface area contributed by atoms with E-state index >= 15 is 0 Å². The van der Waals surface area contributed by atoms with E-state index in [9.17, 15) is 18.0 Å². The molecule has 2 amide bonds. The Hall–Kier alpha value is -2.87. The molecule has 1 heterocycles. The summed E-state index contributed by atoms with van der Waals surface area (Å²) >= 11 is 0. The van der Waals surface area contributed by atoms with Crippen LogP contribution >= 0.6 is 0 Å². The van der Waals surface area contributed by atoms with Gasteiger partial charge in [-0.25, -0.2) is 18.0 Å². The Bertz CT molecular complexity index is 983. The third-order valence-corrected chi connectivity index (χ3v) is 5.46. The number of carbonyl (C=O) groups excluding carboxylic acids is 1. The molecule has 0 fully saturated rings. The molecule has 2 aromatic rings. The maximum atomic E-state index is 12.6. The van der Waals surface area contributed by atoms with Gasteiger partial charge in [0, 0.05) is 26.4 Å². The number of carboxylic acids is 1. The number of carboxylic acid groups (broad SMARTS) is 1. The van der Waals surface area contributed by atoms with Crippen LogP contribution in [-0.4, -0.2) is 43.7 Å². The number of anilines is 1. The minimum atomic E-state index is -3.27. The van der Waals surface area contributed by atoms with Crippen LogP contribution < -0.4 is 4.90 Å². The smallest absolute Gasteiger partial charge is 0.335 e. The number of aromatic carboxylic acids is 1. The van der Waals surface area contributed by atoms with Crippen LogP contribution in [0.3, 0.4) is 0 Å². The lowest BCUT2D eigenvalue weighted by Crippen LogP contribution is -2.44. The number of hydrogen-bond donors (Lipinski definition) is 1. The third-order valence-electron chi connectivity index (χ3n) is 4.33. The van der Waals surface area contributed by atoms with Crippen molar-refractivity contribution in [2.24, 2.45) is 0 Å². The number of hydrogen-bond acceptors (Lipinski definition) is 4. The maximum Gasteiger partial charge on any atom is 0.335 e. The normalized spacial score (nSPS) is 14.3. The van der Waals surface area contributed by atoms with Crippen molar-refractivity contribution >= 4 is 27.5 Å². The van der Waals surface area contributed by atoms with Gasteiger partial charge in [-0.3, -0.25) is 4.90 Å². The van der Waals surface area contributed by atoms with Crippen molar-refractivity contribution in [2.45, 2.75) is 18.0 Å². The molecule has 0 unspecified atom stereocenters. The van der Waals surface area contributed by atoms with Gasteiger partial charge in [-0.1, -0.05) is 12.1 Å². The second kappa shape index (κ2) is 6.45. The molecule has 2 aromatic carbocycles. The summed E-state index contributed by atoms with van der Waals surface area (Å²) in [7, 11) is -1.63. The highest BCUT2D eigenvalue weighted by atomic mass is 32.2. The van der Waals surface area contributed by atoms with Crippen molar-refractivity contribution in [2.75, 3.05) is 18.2 Å². The fraction of sp³-hybridized carbons (Fsp3) is 0.222. The van der Waals surface area contributed by atoms with E-state index in [1.807, 2.05) is 0 Å². The molecule has 136 valence electrons. The number of fused-ring (bicyclic) bond motifs is 1. The minimum Gasteiger partial charge on any atom is -0.478 e. The number of sulfone groups is 1. The molecule has 1 aliphatic rings. The number of nitrogens with zero attached hydrogens (tertiary/aromatic N) is 2. The molecule has 0 saturated carbocycles. The zero-order valence-electron chi connectivity index (χ0n) is 14.3.